The normalized spacial score (nSPS) is 11.3. The van der Waals surface area contributed by atoms with Crippen LogP contribution in [0.15, 0.2) is 70.7 Å². The molecule has 5 rings (SSSR count). The van der Waals surface area contributed by atoms with E-state index in [-0.39, 0.29) is 22.2 Å². The number of halogens is 2. The highest BCUT2D eigenvalue weighted by molar-refractivity contribution is 7.99. The van der Waals surface area contributed by atoms with Crippen LogP contribution in [0.25, 0.3) is 20.4 Å². The number of carbonyl (C=O) groups excluding carboxylic acids is 1. The molecule has 1 N–H and O–H groups in total. The average Bonchev–Trinajstić information content (AvgIpc) is 3.22. The van der Waals surface area contributed by atoms with Gasteiger partial charge in [-0.3, -0.25) is 14.2 Å². The Balaban J connectivity index is 1.50. The number of pyridine rings is 1. The lowest BCUT2D eigenvalue weighted by atomic mass is 10.1. The zero-order chi connectivity index (χ0) is 24.5. The summed E-state index contributed by atoms with van der Waals surface area (Å²) in [6.07, 6.45) is 1.68. The van der Waals surface area contributed by atoms with Crippen molar-refractivity contribution in [2.24, 2.45) is 0 Å². The molecule has 0 saturated heterocycles. The van der Waals surface area contributed by atoms with E-state index in [4.69, 9.17) is 16.6 Å². The molecule has 0 fully saturated rings. The minimum atomic E-state index is -0.488. The summed E-state index contributed by atoms with van der Waals surface area (Å²) in [4.78, 5) is 36.1. The maximum Gasteiger partial charge on any atom is 0.272 e. The van der Waals surface area contributed by atoms with Crippen molar-refractivity contribution in [1.29, 1.82) is 0 Å². The lowest BCUT2D eigenvalue weighted by molar-refractivity contribution is -0.113. The van der Waals surface area contributed by atoms with E-state index in [1.165, 1.54) is 23.5 Å². The number of thioether (sulfide) groups is 1. The van der Waals surface area contributed by atoms with Crippen LogP contribution < -0.4 is 10.9 Å². The number of nitrogens with zero attached hydrogens (tertiary/aromatic N) is 3. The summed E-state index contributed by atoms with van der Waals surface area (Å²) < 4.78 is 15.4. The summed E-state index contributed by atoms with van der Waals surface area (Å²) in [5.41, 5.74) is 2.78. The fourth-order valence-electron chi connectivity index (χ4n) is 3.57. The molecular formula is C25H18ClFN4O2S2. The first-order chi connectivity index (χ1) is 16.9. The fourth-order valence-corrected chi connectivity index (χ4v) is 5.61. The van der Waals surface area contributed by atoms with Gasteiger partial charge in [-0.15, -0.1) is 11.3 Å². The quantitative estimate of drug-likeness (QED) is 0.221. The first-order valence-electron chi connectivity index (χ1n) is 10.6. The molecule has 0 radical (unpaired) electrons. The highest BCUT2D eigenvalue weighted by Crippen LogP contribution is 2.31. The smallest absolute Gasteiger partial charge is 0.272 e. The Morgan fingerprint density at radius 3 is 2.77 bits per heavy atom. The van der Waals surface area contributed by atoms with Crippen molar-refractivity contribution in [3.8, 4) is 0 Å². The lowest BCUT2D eigenvalue weighted by Crippen LogP contribution is -2.24. The highest BCUT2D eigenvalue weighted by atomic mass is 35.5. The second-order valence-electron chi connectivity index (χ2n) is 7.87. The topological polar surface area (TPSA) is 76.9 Å². The first kappa shape index (κ1) is 23.5. The van der Waals surface area contributed by atoms with Gasteiger partial charge in [0.15, 0.2) is 5.16 Å². The molecule has 0 unspecified atom stereocenters. The lowest BCUT2D eigenvalue weighted by Gasteiger charge is -2.13. The fraction of sp³-hybridized carbons (Fsp3) is 0.120. The van der Waals surface area contributed by atoms with E-state index >= 15 is 0 Å². The number of amides is 1. The van der Waals surface area contributed by atoms with Gasteiger partial charge in [0, 0.05) is 11.6 Å². The molecule has 35 heavy (non-hydrogen) atoms. The maximum atomic E-state index is 13.5. The highest BCUT2D eigenvalue weighted by Gasteiger charge is 2.18. The molecule has 6 nitrogen and oxygen atoms in total. The number of hydrogen-bond donors (Lipinski definition) is 1. The molecule has 10 heteroatoms. The van der Waals surface area contributed by atoms with E-state index in [2.05, 4.69) is 10.3 Å². The number of nitrogens with one attached hydrogen (secondary N) is 1. The van der Waals surface area contributed by atoms with Crippen LogP contribution in [0.5, 0.6) is 0 Å². The Bertz CT molecular complexity index is 1630. The van der Waals surface area contributed by atoms with Gasteiger partial charge < -0.3 is 5.32 Å². The van der Waals surface area contributed by atoms with Crippen LogP contribution in [-0.2, 0) is 11.3 Å². The number of thiophene rings is 1. The van der Waals surface area contributed by atoms with E-state index in [9.17, 15) is 14.0 Å². The molecular weight excluding hydrogens is 507 g/mol. The SMILES string of the molecule is Cc1ccc(Cn2c(SCC(=O)Nc3ccc(F)cc3Cl)nc3c(sc4ncccc43)c2=O)cc1. The predicted molar refractivity (Wildman–Crippen MR) is 140 cm³/mol. The monoisotopic (exact) mass is 524 g/mol. The summed E-state index contributed by atoms with van der Waals surface area (Å²) in [7, 11) is 0. The van der Waals surface area contributed by atoms with Gasteiger partial charge in [-0.25, -0.2) is 14.4 Å². The second-order valence-corrected chi connectivity index (χ2v) is 10.2. The summed E-state index contributed by atoms with van der Waals surface area (Å²) in [6.45, 7) is 2.32. The molecule has 3 aromatic heterocycles. The van der Waals surface area contributed by atoms with Gasteiger partial charge in [0.25, 0.3) is 5.56 Å². The second kappa shape index (κ2) is 9.77. The number of fused-ring (bicyclic) bond motifs is 3. The van der Waals surface area contributed by atoms with E-state index < -0.39 is 5.82 Å². The van der Waals surface area contributed by atoms with Gasteiger partial charge in [-0.2, -0.15) is 0 Å². The van der Waals surface area contributed by atoms with Crippen molar-refractivity contribution >= 4 is 66.7 Å². The third-order valence-corrected chi connectivity index (χ3v) is 7.70. The van der Waals surface area contributed by atoms with E-state index in [1.54, 1.807) is 16.8 Å². The maximum absolute atomic E-state index is 13.5. The van der Waals surface area contributed by atoms with Crippen LogP contribution in [0, 0.1) is 12.7 Å². The summed E-state index contributed by atoms with van der Waals surface area (Å²) in [5, 5.41) is 4.01. The number of rotatable bonds is 6. The number of benzene rings is 2. The van der Waals surface area contributed by atoms with Crippen molar-refractivity contribution < 1.29 is 9.18 Å². The molecule has 0 aliphatic carbocycles. The van der Waals surface area contributed by atoms with Crippen molar-refractivity contribution in [1.82, 2.24) is 14.5 Å². The Labute approximate surface area is 212 Å². The largest absolute Gasteiger partial charge is 0.324 e. The van der Waals surface area contributed by atoms with Crippen LogP contribution in [0.4, 0.5) is 10.1 Å². The molecule has 0 aliphatic rings. The van der Waals surface area contributed by atoms with Crippen LogP contribution >= 0.6 is 34.7 Å². The first-order valence-corrected chi connectivity index (χ1v) is 12.8. The van der Waals surface area contributed by atoms with Crippen LogP contribution in [0.3, 0.4) is 0 Å². The third kappa shape index (κ3) is 4.93. The standard InChI is InChI=1S/C25H18ClFN4O2S2/c1-14-4-6-15(7-5-14)12-31-24(33)22-21(17-3-2-10-28-23(17)35-22)30-25(31)34-13-20(32)29-19-9-8-16(27)11-18(19)26/h2-11H,12-13H2,1H3,(H,29,32). The van der Waals surface area contributed by atoms with E-state index in [0.717, 1.165) is 39.2 Å². The van der Waals surface area contributed by atoms with Crippen LogP contribution in [0.2, 0.25) is 5.02 Å². The molecule has 0 bridgehead atoms. The van der Waals surface area contributed by atoms with E-state index in [0.29, 0.717) is 27.6 Å². The summed E-state index contributed by atoms with van der Waals surface area (Å²) >= 11 is 8.49. The molecule has 2 aromatic carbocycles. The summed E-state index contributed by atoms with van der Waals surface area (Å²) in [5.74, 6) is -0.853. The van der Waals surface area contributed by atoms with Gasteiger partial charge in [-0.1, -0.05) is 53.2 Å². The van der Waals surface area contributed by atoms with Crippen molar-refractivity contribution in [3.05, 3.63) is 93.1 Å². The summed E-state index contributed by atoms with van der Waals surface area (Å²) in [6, 6.07) is 15.4. The molecule has 1 amide bonds. The number of aromatic nitrogens is 3. The third-order valence-electron chi connectivity index (χ3n) is 5.32. The number of hydrogen-bond acceptors (Lipinski definition) is 6. The Morgan fingerprint density at radius 1 is 1.20 bits per heavy atom. The Hall–Kier alpha value is -3.27. The molecule has 0 aliphatic heterocycles. The molecule has 5 aromatic rings. The predicted octanol–water partition coefficient (Wildman–Crippen LogP) is 5.89. The van der Waals surface area contributed by atoms with Crippen molar-refractivity contribution in [2.45, 2.75) is 18.6 Å². The van der Waals surface area contributed by atoms with Gasteiger partial charge in [0.05, 0.1) is 28.5 Å². The molecule has 176 valence electrons. The zero-order valence-electron chi connectivity index (χ0n) is 18.4. The van der Waals surface area contributed by atoms with Crippen molar-refractivity contribution in [2.75, 3.05) is 11.1 Å². The van der Waals surface area contributed by atoms with Crippen molar-refractivity contribution in [3.63, 3.8) is 0 Å². The number of carbonyl (C=O) groups is 1. The van der Waals surface area contributed by atoms with Crippen LogP contribution in [-0.4, -0.2) is 26.2 Å². The number of aryl methyl sites for hydroxylation is 1. The Morgan fingerprint density at radius 2 is 2.00 bits per heavy atom. The minimum absolute atomic E-state index is 0.0140. The van der Waals surface area contributed by atoms with Gasteiger partial charge in [-0.05, 0) is 42.8 Å². The van der Waals surface area contributed by atoms with E-state index in [1.807, 2.05) is 37.3 Å². The van der Waals surface area contributed by atoms with Gasteiger partial charge >= 0.3 is 0 Å². The average molecular weight is 525 g/mol. The van der Waals surface area contributed by atoms with Gasteiger partial charge in [0.2, 0.25) is 5.91 Å². The Kier molecular flexibility index (Phi) is 6.55. The number of anilines is 1. The minimum Gasteiger partial charge on any atom is -0.324 e. The molecule has 3 heterocycles. The molecule has 0 atom stereocenters. The molecule has 0 saturated carbocycles. The molecule has 0 spiro atoms. The van der Waals surface area contributed by atoms with Gasteiger partial charge in [0.1, 0.15) is 15.3 Å². The zero-order valence-corrected chi connectivity index (χ0v) is 20.8. The van der Waals surface area contributed by atoms with Crippen LogP contribution in [0.1, 0.15) is 11.1 Å².